The molecule has 5 nitrogen and oxygen atoms in total. The van der Waals surface area contributed by atoms with Gasteiger partial charge >= 0.3 is 6.18 Å². The molecule has 29 heavy (non-hydrogen) atoms. The van der Waals surface area contributed by atoms with Crippen molar-refractivity contribution in [2.24, 2.45) is 0 Å². The molecular weight excluding hydrogens is 407 g/mol. The fourth-order valence-electron chi connectivity index (χ4n) is 4.12. The quantitative estimate of drug-likeness (QED) is 0.766. The highest BCUT2D eigenvalue weighted by molar-refractivity contribution is 6.31. The highest BCUT2D eigenvalue weighted by Gasteiger charge is 2.40. The maximum absolute atomic E-state index is 13.3. The zero-order valence-corrected chi connectivity index (χ0v) is 16.9. The van der Waals surface area contributed by atoms with Gasteiger partial charge in [0.25, 0.3) is 0 Å². The first-order chi connectivity index (χ1) is 13.5. The van der Waals surface area contributed by atoms with Crippen LogP contribution in [0.2, 0.25) is 5.02 Å². The molecule has 0 saturated heterocycles. The summed E-state index contributed by atoms with van der Waals surface area (Å²) in [4.78, 5) is 12.6. The zero-order chi connectivity index (χ0) is 21.0. The minimum absolute atomic E-state index is 0.213. The molecule has 0 spiro atoms. The molecule has 2 aliphatic rings. The van der Waals surface area contributed by atoms with Gasteiger partial charge in [-0.2, -0.15) is 18.3 Å². The first kappa shape index (κ1) is 20.1. The number of amides is 1. The highest BCUT2D eigenvalue weighted by atomic mass is 35.5. The second-order valence-electron chi connectivity index (χ2n) is 8.16. The van der Waals surface area contributed by atoms with Crippen molar-refractivity contribution in [1.29, 1.82) is 0 Å². The predicted molar refractivity (Wildman–Crippen MR) is 102 cm³/mol. The SMILES string of the molecule is CC1(C)Cc2cc(Cl)cc(NC(=O)Cn3nc(C(F)(F)F)c4c3CCCC4)c2O1. The molecule has 156 valence electrons. The van der Waals surface area contributed by atoms with Crippen molar-refractivity contribution in [3.63, 3.8) is 0 Å². The Morgan fingerprint density at radius 3 is 2.76 bits per heavy atom. The van der Waals surface area contributed by atoms with Crippen LogP contribution < -0.4 is 10.1 Å². The zero-order valence-electron chi connectivity index (χ0n) is 16.1. The summed E-state index contributed by atoms with van der Waals surface area (Å²) in [6, 6.07) is 3.38. The summed E-state index contributed by atoms with van der Waals surface area (Å²) >= 11 is 6.16. The van der Waals surface area contributed by atoms with E-state index in [-0.39, 0.29) is 12.1 Å². The number of hydrogen-bond acceptors (Lipinski definition) is 3. The molecule has 0 radical (unpaired) electrons. The lowest BCUT2D eigenvalue weighted by Gasteiger charge is -2.18. The normalized spacial score (nSPS) is 17.4. The molecular formula is C20H21ClF3N3O2. The van der Waals surface area contributed by atoms with Crippen molar-refractivity contribution >= 4 is 23.2 Å². The van der Waals surface area contributed by atoms with Gasteiger partial charge in [-0.1, -0.05) is 11.6 Å². The Balaban J connectivity index is 1.59. The number of nitrogens with one attached hydrogen (secondary N) is 1. The Hall–Kier alpha value is -2.22. The van der Waals surface area contributed by atoms with E-state index in [1.165, 1.54) is 4.68 Å². The molecule has 1 aliphatic heterocycles. The fraction of sp³-hybridized carbons (Fsp3) is 0.500. The molecule has 1 aliphatic carbocycles. The average molecular weight is 428 g/mol. The molecule has 1 aromatic carbocycles. The number of benzene rings is 1. The maximum atomic E-state index is 13.3. The van der Waals surface area contributed by atoms with Crippen LogP contribution in [0.3, 0.4) is 0 Å². The number of halogens is 4. The standard InChI is InChI=1S/C20H21ClF3N3O2/c1-19(2)9-11-7-12(21)8-14(17(11)29-19)25-16(28)10-27-15-6-4-3-5-13(15)18(26-27)20(22,23)24/h7-8H,3-6,9-10H2,1-2H3,(H,25,28). The average Bonchev–Trinajstić information content (AvgIpc) is 3.11. The second kappa shape index (κ2) is 6.93. The van der Waals surface area contributed by atoms with E-state index < -0.39 is 23.4 Å². The number of nitrogens with zero attached hydrogens (tertiary/aromatic N) is 2. The van der Waals surface area contributed by atoms with Gasteiger partial charge in [-0.25, -0.2) is 0 Å². The van der Waals surface area contributed by atoms with Crippen molar-refractivity contribution in [3.05, 3.63) is 39.7 Å². The Kier molecular flexibility index (Phi) is 4.80. The Bertz CT molecular complexity index is 982. The molecule has 9 heteroatoms. The van der Waals surface area contributed by atoms with Gasteiger partial charge in [0.05, 0.1) is 5.69 Å². The minimum Gasteiger partial charge on any atom is -0.485 e. The van der Waals surface area contributed by atoms with Gasteiger partial charge in [0, 0.05) is 28.3 Å². The summed E-state index contributed by atoms with van der Waals surface area (Å²) in [5.41, 5.74) is 0.704. The highest BCUT2D eigenvalue weighted by Crippen LogP contribution is 2.42. The van der Waals surface area contributed by atoms with Crippen LogP contribution in [0.15, 0.2) is 12.1 Å². The lowest BCUT2D eigenvalue weighted by Crippen LogP contribution is -2.25. The summed E-state index contributed by atoms with van der Waals surface area (Å²) in [5, 5.41) is 6.92. The minimum atomic E-state index is -4.53. The van der Waals surface area contributed by atoms with Gasteiger partial charge in [0.15, 0.2) is 5.69 Å². The first-order valence-electron chi connectivity index (χ1n) is 9.50. The third kappa shape index (κ3) is 3.95. The van der Waals surface area contributed by atoms with E-state index in [9.17, 15) is 18.0 Å². The number of hydrogen-bond donors (Lipinski definition) is 1. The van der Waals surface area contributed by atoms with E-state index in [0.717, 1.165) is 12.0 Å². The number of anilines is 1. The smallest absolute Gasteiger partial charge is 0.435 e. The van der Waals surface area contributed by atoms with Crippen molar-refractivity contribution in [3.8, 4) is 5.75 Å². The number of carbonyl (C=O) groups is 1. The Morgan fingerprint density at radius 1 is 1.31 bits per heavy atom. The number of carbonyl (C=O) groups excluding carboxylic acids is 1. The van der Waals surface area contributed by atoms with Crippen LogP contribution in [0.4, 0.5) is 18.9 Å². The van der Waals surface area contributed by atoms with E-state index in [1.807, 2.05) is 13.8 Å². The summed E-state index contributed by atoms with van der Waals surface area (Å²) in [5.74, 6) is 0.0681. The van der Waals surface area contributed by atoms with Crippen molar-refractivity contribution < 1.29 is 22.7 Å². The van der Waals surface area contributed by atoms with Crippen LogP contribution in [-0.4, -0.2) is 21.3 Å². The van der Waals surface area contributed by atoms with Crippen molar-refractivity contribution in [2.75, 3.05) is 5.32 Å². The molecule has 0 saturated carbocycles. The molecule has 0 atom stereocenters. The third-order valence-electron chi connectivity index (χ3n) is 5.22. The number of rotatable bonds is 3. The van der Waals surface area contributed by atoms with E-state index in [4.69, 9.17) is 16.3 Å². The molecule has 2 aromatic rings. The molecule has 4 rings (SSSR count). The van der Waals surface area contributed by atoms with Gasteiger partial charge in [0.2, 0.25) is 5.91 Å². The first-order valence-corrected chi connectivity index (χ1v) is 9.88. The van der Waals surface area contributed by atoms with Gasteiger partial charge in [-0.15, -0.1) is 0 Å². The molecule has 1 aromatic heterocycles. The monoisotopic (exact) mass is 427 g/mol. The Labute approximate surface area is 171 Å². The molecule has 0 bridgehead atoms. The summed E-state index contributed by atoms with van der Waals surface area (Å²) in [7, 11) is 0. The number of fused-ring (bicyclic) bond motifs is 2. The van der Waals surface area contributed by atoms with Gasteiger partial charge < -0.3 is 10.1 Å². The molecule has 0 fully saturated rings. The molecule has 1 N–H and O–H groups in total. The molecule has 2 heterocycles. The summed E-state index contributed by atoms with van der Waals surface area (Å²) in [6.45, 7) is 3.56. The third-order valence-corrected chi connectivity index (χ3v) is 5.44. The summed E-state index contributed by atoms with van der Waals surface area (Å²) in [6.07, 6.45) is -1.60. The van der Waals surface area contributed by atoms with Crippen LogP contribution >= 0.6 is 11.6 Å². The van der Waals surface area contributed by atoms with Gasteiger partial charge in [-0.3, -0.25) is 9.48 Å². The van der Waals surface area contributed by atoms with Crippen molar-refractivity contribution in [1.82, 2.24) is 9.78 Å². The number of ether oxygens (including phenoxy) is 1. The van der Waals surface area contributed by atoms with E-state index in [1.54, 1.807) is 12.1 Å². The predicted octanol–water partition coefficient (Wildman–Crippen LogP) is 4.79. The number of aromatic nitrogens is 2. The largest absolute Gasteiger partial charge is 0.485 e. The second-order valence-corrected chi connectivity index (χ2v) is 8.60. The van der Waals surface area contributed by atoms with Crippen LogP contribution in [0, 0.1) is 0 Å². The van der Waals surface area contributed by atoms with E-state index in [0.29, 0.717) is 47.8 Å². The van der Waals surface area contributed by atoms with Crippen LogP contribution in [0.25, 0.3) is 0 Å². The topological polar surface area (TPSA) is 56.2 Å². The van der Waals surface area contributed by atoms with Gasteiger partial charge in [0.1, 0.15) is 17.9 Å². The molecule has 0 unspecified atom stereocenters. The number of alkyl halides is 3. The van der Waals surface area contributed by atoms with Crippen molar-refractivity contribution in [2.45, 2.75) is 64.3 Å². The van der Waals surface area contributed by atoms with Gasteiger partial charge in [-0.05, 0) is 51.7 Å². The lowest BCUT2D eigenvalue weighted by atomic mass is 9.95. The van der Waals surface area contributed by atoms with E-state index >= 15 is 0 Å². The maximum Gasteiger partial charge on any atom is 0.435 e. The van der Waals surface area contributed by atoms with Crippen LogP contribution in [0.1, 0.15) is 49.2 Å². The van der Waals surface area contributed by atoms with Crippen LogP contribution in [-0.2, 0) is 36.8 Å². The van der Waals surface area contributed by atoms with E-state index in [2.05, 4.69) is 10.4 Å². The summed E-state index contributed by atoms with van der Waals surface area (Å²) < 4.78 is 47.1. The Morgan fingerprint density at radius 2 is 2.03 bits per heavy atom. The molecule has 1 amide bonds. The lowest BCUT2D eigenvalue weighted by molar-refractivity contribution is -0.142. The van der Waals surface area contributed by atoms with Crippen LogP contribution in [0.5, 0.6) is 5.75 Å². The fourth-order valence-corrected chi connectivity index (χ4v) is 4.36.